The number of hydrogen-bond acceptors (Lipinski definition) is 4. The summed E-state index contributed by atoms with van der Waals surface area (Å²) in [5.41, 5.74) is 1.04. The van der Waals surface area contributed by atoms with Crippen molar-refractivity contribution < 1.29 is 14.3 Å². The molecule has 0 spiro atoms. The number of carbonyl (C=O) groups is 1. The number of hydrogen-bond donors (Lipinski definition) is 0. The Labute approximate surface area is 118 Å². The monoisotopic (exact) mass is 283 g/mol. The van der Waals surface area contributed by atoms with Crippen molar-refractivity contribution >= 4 is 17.6 Å². The second-order valence-electron chi connectivity index (χ2n) is 5.70. The number of carbonyl (C=O) groups excluding carboxylic acids is 1. The molecule has 2 rings (SSSR count). The second-order valence-corrected chi connectivity index (χ2v) is 6.09. The van der Waals surface area contributed by atoms with Gasteiger partial charge in [-0.15, -0.1) is 0 Å². The molecule has 1 aromatic heterocycles. The first-order valence-corrected chi connectivity index (χ1v) is 6.71. The smallest absolute Gasteiger partial charge is 0.338 e. The first-order valence-electron chi connectivity index (χ1n) is 6.33. The van der Waals surface area contributed by atoms with Gasteiger partial charge in [-0.25, -0.2) is 9.78 Å². The summed E-state index contributed by atoms with van der Waals surface area (Å²) in [6, 6.07) is 3.28. The number of pyridine rings is 1. The largest absolute Gasteiger partial charge is 0.456 e. The van der Waals surface area contributed by atoms with Gasteiger partial charge in [0.05, 0.1) is 18.8 Å². The van der Waals surface area contributed by atoms with E-state index in [9.17, 15) is 4.79 Å². The van der Waals surface area contributed by atoms with Crippen LogP contribution in [-0.4, -0.2) is 30.3 Å². The summed E-state index contributed by atoms with van der Waals surface area (Å²) in [4.78, 5) is 16.3. The summed E-state index contributed by atoms with van der Waals surface area (Å²) in [6.07, 6.45) is 0.592. The van der Waals surface area contributed by atoms with Gasteiger partial charge >= 0.3 is 5.97 Å². The Balaban J connectivity index is 2.19. The average Bonchev–Trinajstić information content (AvgIpc) is 2.79. The highest BCUT2D eigenvalue weighted by Gasteiger charge is 2.23. The van der Waals surface area contributed by atoms with Gasteiger partial charge in [0.1, 0.15) is 11.3 Å². The molecular weight excluding hydrogens is 266 g/mol. The number of esters is 1. The van der Waals surface area contributed by atoms with Crippen LogP contribution in [0.25, 0.3) is 0 Å². The average molecular weight is 284 g/mol. The van der Waals surface area contributed by atoms with Crippen molar-refractivity contribution in [1.29, 1.82) is 0 Å². The third-order valence-corrected chi connectivity index (χ3v) is 3.15. The highest BCUT2D eigenvalue weighted by Crippen LogP contribution is 2.24. The van der Waals surface area contributed by atoms with E-state index in [1.54, 1.807) is 6.07 Å². The first kappa shape index (κ1) is 14.3. The van der Waals surface area contributed by atoms with Crippen LogP contribution < -0.4 is 0 Å². The molecule has 5 heteroatoms. The molecule has 0 aromatic carbocycles. The van der Waals surface area contributed by atoms with Crippen molar-refractivity contribution in [3.63, 3.8) is 0 Å². The van der Waals surface area contributed by atoms with Crippen molar-refractivity contribution in [1.82, 2.24) is 4.98 Å². The zero-order valence-corrected chi connectivity index (χ0v) is 12.2. The Kier molecular flexibility index (Phi) is 4.11. The van der Waals surface area contributed by atoms with Crippen LogP contribution in [0.3, 0.4) is 0 Å². The molecule has 1 aliphatic rings. The summed E-state index contributed by atoms with van der Waals surface area (Å²) in [6.45, 7) is 7.17. The fourth-order valence-corrected chi connectivity index (χ4v) is 2.03. The van der Waals surface area contributed by atoms with E-state index >= 15 is 0 Å². The predicted octanol–water partition coefficient (Wildman–Crippen LogP) is 2.98. The second kappa shape index (κ2) is 5.47. The maximum absolute atomic E-state index is 12.1. The van der Waals surface area contributed by atoms with E-state index in [0.717, 1.165) is 12.1 Å². The van der Waals surface area contributed by atoms with E-state index < -0.39 is 0 Å². The Bertz CT molecular complexity index is 476. The SMILES string of the molecule is CC(C)(C)c1cc(C(=O)OC2CCOC2)cc(Cl)n1. The Hall–Kier alpha value is -1.13. The van der Waals surface area contributed by atoms with Gasteiger partial charge in [-0.3, -0.25) is 0 Å². The molecule has 0 radical (unpaired) electrons. The molecule has 0 N–H and O–H groups in total. The van der Waals surface area contributed by atoms with E-state index in [-0.39, 0.29) is 17.5 Å². The van der Waals surface area contributed by atoms with Crippen LogP contribution in [0.4, 0.5) is 0 Å². The minimum Gasteiger partial charge on any atom is -0.456 e. The Morgan fingerprint density at radius 1 is 1.47 bits per heavy atom. The number of ether oxygens (including phenoxy) is 2. The van der Waals surface area contributed by atoms with Crippen LogP contribution in [0.2, 0.25) is 5.15 Å². The molecule has 19 heavy (non-hydrogen) atoms. The molecule has 1 unspecified atom stereocenters. The van der Waals surface area contributed by atoms with E-state index in [4.69, 9.17) is 21.1 Å². The van der Waals surface area contributed by atoms with Crippen LogP contribution in [0.5, 0.6) is 0 Å². The molecule has 0 saturated carbocycles. The Morgan fingerprint density at radius 3 is 2.79 bits per heavy atom. The number of halogens is 1. The van der Waals surface area contributed by atoms with Crippen molar-refractivity contribution in [3.8, 4) is 0 Å². The van der Waals surface area contributed by atoms with Gasteiger partial charge in [0.2, 0.25) is 0 Å². The topological polar surface area (TPSA) is 48.4 Å². The molecule has 104 valence electrons. The summed E-state index contributed by atoms with van der Waals surface area (Å²) in [5.74, 6) is -0.370. The zero-order chi connectivity index (χ0) is 14.0. The number of aromatic nitrogens is 1. The Morgan fingerprint density at radius 2 is 2.21 bits per heavy atom. The van der Waals surface area contributed by atoms with E-state index in [0.29, 0.717) is 23.9 Å². The van der Waals surface area contributed by atoms with Crippen LogP contribution in [-0.2, 0) is 14.9 Å². The van der Waals surface area contributed by atoms with Gasteiger partial charge < -0.3 is 9.47 Å². The van der Waals surface area contributed by atoms with Gasteiger partial charge in [-0.2, -0.15) is 0 Å². The molecule has 1 atom stereocenters. The van der Waals surface area contributed by atoms with Gasteiger partial charge in [0, 0.05) is 17.5 Å². The summed E-state index contributed by atoms with van der Waals surface area (Å²) >= 11 is 5.97. The van der Waals surface area contributed by atoms with Gasteiger partial charge in [-0.05, 0) is 12.1 Å². The molecule has 4 nitrogen and oxygen atoms in total. The fourth-order valence-electron chi connectivity index (χ4n) is 1.82. The maximum atomic E-state index is 12.1. The van der Waals surface area contributed by atoms with Gasteiger partial charge in [0.25, 0.3) is 0 Å². The predicted molar refractivity (Wildman–Crippen MR) is 72.6 cm³/mol. The molecule has 1 fully saturated rings. The van der Waals surface area contributed by atoms with Gasteiger partial charge in [-0.1, -0.05) is 32.4 Å². The standard InChI is InChI=1S/C14H18ClNO3/c1-14(2,3)11-6-9(7-12(15)16-11)13(17)19-10-4-5-18-8-10/h6-7,10H,4-5,8H2,1-3H3. The number of rotatable bonds is 2. The lowest BCUT2D eigenvalue weighted by molar-refractivity contribution is 0.0270. The highest BCUT2D eigenvalue weighted by atomic mass is 35.5. The van der Waals surface area contributed by atoms with Crippen LogP contribution in [0.15, 0.2) is 12.1 Å². The molecule has 2 heterocycles. The minimum absolute atomic E-state index is 0.155. The fraction of sp³-hybridized carbons (Fsp3) is 0.571. The van der Waals surface area contributed by atoms with Crippen molar-refractivity contribution in [2.75, 3.05) is 13.2 Å². The van der Waals surface area contributed by atoms with Gasteiger partial charge in [0.15, 0.2) is 0 Å². The van der Waals surface area contributed by atoms with Crippen LogP contribution >= 0.6 is 11.6 Å². The molecule has 0 aliphatic carbocycles. The highest BCUT2D eigenvalue weighted by molar-refractivity contribution is 6.29. The quantitative estimate of drug-likeness (QED) is 0.618. The van der Waals surface area contributed by atoms with Crippen molar-refractivity contribution in [2.24, 2.45) is 0 Å². The normalized spacial score (nSPS) is 19.5. The first-order chi connectivity index (χ1) is 8.86. The lowest BCUT2D eigenvalue weighted by Crippen LogP contribution is -2.20. The molecule has 1 saturated heterocycles. The van der Waals surface area contributed by atoms with Crippen molar-refractivity contribution in [3.05, 3.63) is 28.5 Å². The molecule has 1 aromatic rings. The maximum Gasteiger partial charge on any atom is 0.338 e. The van der Waals surface area contributed by atoms with E-state index in [2.05, 4.69) is 4.98 Å². The van der Waals surface area contributed by atoms with Crippen LogP contribution in [0.1, 0.15) is 43.2 Å². The van der Waals surface area contributed by atoms with Crippen LogP contribution in [0, 0.1) is 0 Å². The molecule has 0 bridgehead atoms. The van der Waals surface area contributed by atoms with Crippen molar-refractivity contribution in [2.45, 2.75) is 38.7 Å². The summed E-state index contributed by atoms with van der Waals surface area (Å²) in [7, 11) is 0. The summed E-state index contributed by atoms with van der Waals surface area (Å²) < 4.78 is 10.5. The number of nitrogens with zero attached hydrogens (tertiary/aromatic N) is 1. The zero-order valence-electron chi connectivity index (χ0n) is 11.4. The molecular formula is C14H18ClNO3. The third kappa shape index (κ3) is 3.67. The van der Waals surface area contributed by atoms with E-state index in [1.165, 1.54) is 6.07 Å². The lowest BCUT2D eigenvalue weighted by atomic mass is 9.91. The lowest BCUT2D eigenvalue weighted by Gasteiger charge is -2.19. The molecule has 0 amide bonds. The minimum atomic E-state index is -0.370. The van der Waals surface area contributed by atoms with E-state index in [1.807, 2.05) is 20.8 Å². The summed E-state index contributed by atoms with van der Waals surface area (Å²) in [5, 5.41) is 0.307. The molecule has 1 aliphatic heterocycles. The third-order valence-electron chi connectivity index (χ3n) is 2.96.